The molecule has 1 rings (SSSR count). The van der Waals surface area contributed by atoms with Gasteiger partial charge in [0.05, 0.1) is 0 Å². The van der Waals surface area contributed by atoms with Crippen LogP contribution in [0.5, 0.6) is 0 Å². The van der Waals surface area contributed by atoms with E-state index in [4.69, 9.17) is 10.2 Å². The first-order valence-electron chi connectivity index (χ1n) is 6.43. The van der Waals surface area contributed by atoms with Crippen LogP contribution < -0.4 is 5.32 Å². The number of nitrogens with zero attached hydrogens (tertiary/aromatic N) is 1. The van der Waals surface area contributed by atoms with Crippen molar-refractivity contribution in [1.29, 1.82) is 0 Å². The normalized spacial score (nSPS) is 12.0. The molecule has 0 spiro atoms. The molecule has 22 heavy (non-hydrogen) atoms. The average Bonchev–Trinajstić information content (AvgIpc) is 2.49. The molecule has 2 atom stereocenters. The minimum Gasteiger partial charge on any atom is -0.480 e. The zero-order valence-corrected chi connectivity index (χ0v) is 12.2. The molecule has 0 fully saturated rings. The molecule has 2 unspecified atom stereocenters. The number of hydrogen-bond acceptors (Lipinski definition) is 4. The van der Waals surface area contributed by atoms with Gasteiger partial charge in [0.15, 0.2) is 0 Å². The molecular weight excluding hydrogens is 284 g/mol. The Kier molecular flexibility index (Phi) is 9.62. The van der Waals surface area contributed by atoms with Crippen LogP contribution in [0.2, 0.25) is 0 Å². The van der Waals surface area contributed by atoms with E-state index in [0.29, 0.717) is 0 Å². The molecule has 0 amide bonds. The summed E-state index contributed by atoms with van der Waals surface area (Å²) in [6.07, 6.45) is 6.73. The average molecular weight is 304 g/mol. The molecule has 0 bridgehead atoms. The number of carboxylic acid groups (broad SMARTS) is 2. The van der Waals surface area contributed by atoms with Crippen LogP contribution in [0.15, 0.2) is 62.4 Å². The Morgan fingerprint density at radius 2 is 1.68 bits per heavy atom. The molecule has 118 valence electrons. The molecule has 0 aromatic carbocycles. The van der Waals surface area contributed by atoms with Crippen LogP contribution in [0, 0.1) is 0 Å². The van der Waals surface area contributed by atoms with E-state index in [1.807, 2.05) is 24.3 Å². The first-order chi connectivity index (χ1) is 10.5. The van der Waals surface area contributed by atoms with Gasteiger partial charge in [-0.15, -0.1) is 19.7 Å². The fraction of sp³-hybridized carbons (Fsp3) is 0.188. The number of nitrogens with one attached hydrogen (secondary N) is 1. The maximum Gasteiger partial charge on any atom is 0.324 e. The second-order valence-corrected chi connectivity index (χ2v) is 4.08. The third-order valence-corrected chi connectivity index (χ3v) is 2.44. The fourth-order valence-electron chi connectivity index (χ4n) is 1.34. The largest absolute Gasteiger partial charge is 0.480 e. The van der Waals surface area contributed by atoms with E-state index >= 15 is 0 Å². The predicted molar refractivity (Wildman–Crippen MR) is 84.5 cm³/mol. The molecule has 3 N–H and O–H groups in total. The molecule has 6 heteroatoms. The third-order valence-electron chi connectivity index (χ3n) is 2.44. The summed E-state index contributed by atoms with van der Waals surface area (Å²) >= 11 is 0. The van der Waals surface area contributed by atoms with Gasteiger partial charge >= 0.3 is 11.9 Å². The molecule has 6 nitrogen and oxygen atoms in total. The third kappa shape index (κ3) is 7.76. The maximum absolute atomic E-state index is 10.4. The van der Waals surface area contributed by atoms with E-state index in [1.54, 1.807) is 6.20 Å². The van der Waals surface area contributed by atoms with Gasteiger partial charge in [-0.2, -0.15) is 0 Å². The smallest absolute Gasteiger partial charge is 0.324 e. The van der Waals surface area contributed by atoms with Gasteiger partial charge in [0.1, 0.15) is 12.1 Å². The van der Waals surface area contributed by atoms with E-state index < -0.39 is 24.0 Å². The lowest BCUT2D eigenvalue weighted by Crippen LogP contribution is -2.44. The van der Waals surface area contributed by atoms with Crippen LogP contribution in [0.25, 0.3) is 0 Å². The lowest BCUT2D eigenvalue weighted by molar-refractivity contribution is -0.140. The standard InChI is InChI=1S/C8H11NO4.C8H9N/c1-3-5(7(10)11)9-6(4-2)8(12)13;1-2-5-8-6-3-4-7-9-8/h3-6,9H,1-2H2,(H,10,11)(H,12,13);2-4,6-7H,1,5H2. The zero-order valence-electron chi connectivity index (χ0n) is 12.2. The van der Waals surface area contributed by atoms with Crippen molar-refractivity contribution in [3.8, 4) is 0 Å². The molecule has 1 heterocycles. The second-order valence-electron chi connectivity index (χ2n) is 4.08. The van der Waals surface area contributed by atoms with E-state index in [-0.39, 0.29) is 0 Å². The number of aromatic nitrogens is 1. The summed E-state index contributed by atoms with van der Waals surface area (Å²) in [5, 5.41) is 19.4. The molecule has 1 aromatic heterocycles. The topological polar surface area (TPSA) is 99.5 Å². The Bertz CT molecular complexity index is 490. The predicted octanol–water partition coefficient (Wildman–Crippen LogP) is 1.66. The van der Waals surface area contributed by atoms with Gasteiger partial charge in [-0.3, -0.25) is 19.9 Å². The van der Waals surface area contributed by atoms with Crippen LogP contribution in [0.4, 0.5) is 0 Å². The number of rotatable bonds is 8. The summed E-state index contributed by atoms with van der Waals surface area (Å²) in [5.74, 6) is -2.36. The summed E-state index contributed by atoms with van der Waals surface area (Å²) in [6.45, 7) is 10.1. The minimum absolute atomic E-state index is 0.862. The molecule has 0 aliphatic heterocycles. The van der Waals surface area contributed by atoms with Crippen molar-refractivity contribution in [3.63, 3.8) is 0 Å². The SMILES string of the molecule is C=CC(NC(C=C)C(=O)O)C(=O)O.C=CCc1ccccn1. The number of aliphatic carboxylic acids is 2. The van der Waals surface area contributed by atoms with Crippen LogP contribution in [0.3, 0.4) is 0 Å². The highest BCUT2D eigenvalue weighted by Crippen LogP contribution is 1.93. The van der Waals surface area contributed by atoms with E-state index in [0.717, 1.165) is 24.3 Å². The van der Waals surface area contributed by atoms with Crippen molar-refractivity contribution in [2.45, 2.75) is 18.5 Å². The van der Waals surface area contributed by atoms with Gasteiger partial charge < -0.3 is 10.2 Å². The highest BCUT2D eigenvalue weighted by molar-refractivity contribution is 5.79. The van der Waals surface area contributed by atoms with Gasteiger partial charge in [0.25, 0.3) is 0 Å². The van der Waals surface area contributed by atoms with Crippen molar-refractivity contribution < 1.29 is 19.8 Å². The fourth-order valence-corrected chi connectivity index (χ4v) is 1.34. The van der Waals surface area contributed by atoms with Gasteiger partial charge in [-0.25, -0.2) is 0 Å². The summed E-state index contributed by atoms with van der Waals surface area (Å²) in [7, 11) is 0. The number of pyridine rings is 1. The first kappa shape index (κ1) is 19.3. The van der Waals surface area contributed by atoms with Crippen LogP contribution in [-0.4, -0.2) is 39.2 Å². The van der Waals surface area contributed by atoms with Crippen molar-refractivity contribution in [1.82, 2.24) is 10.3 Å². The van der Waals surface area contributed by atoms with Crippen molar-refractivity contribution in [3.05, 3.63) is 68.1 Å². The zero-order chi connectivity index (χ0) is 17.0. The molecular formula is C16H20N2O4. The Hall–Kier alpha value is -2.73. The highest BCUT2D eigenvalue weighted by Gasteiger charge is 2.20. The lowest BCUT2D eigenvalue weighted by Gasteiger charge is -2.13. The Morgan fingerprint density at radius 3 is 2.00 bits per heavy atom. The van der Waals surface area contributed by atoms with Gasteiger partial charge in [-0.05, 0) is 12.1 Å². The highest BCUT2D eigenvalue weighted by atomic mass is 16.4. The molecule has 0 aliphatic carbocycles. The van der Waals surface area contributed by atoms with Gasteiger partial charge in [0, 0.05) is 18.3 Å². The number of allylic oxidation sites excluding steroid dienone is 1. The first-order valence-corrected chi connectivity index (χ1v) is 6.43. The Labute approximate surface area is 129 Å². The summed E-state index contributed by atoms with van der Waals surface area (Å²) < 4.78 is 0. The van der Waals surface area contributed by atoms with Gasteiger partial charge in [-0.1, -0.05) is 24.3 Å². The van der Waals surface area contributed by atoms with E-state index in [1.165, 1.54) is 0 Å². The number of carboxylic acids is 2. The summed E-state index contributed by atoms with van der Waals surface area (Å²) in [5.41, 5.74) is 1.08. The molecule has 0 radical (unpaired) electrons. The van der Waals surface area contributed by atoms with Crippen molar-refractivity contribution >= 4 is 11.9 Å². The second kappa shape index (κ2) is 11.0. The number of hydrogen-bond donors (Lipinski definition) is 3. The number of carbonyl (C=O) groups is 2. The summed E-state index contributed by atoms with van der Waals surface area (Å²) in [4.78, 5) is 25.0. The lowest BCUT2D eigenvalue weighted by atomic mass is 10.2. The van der Waals surface area contributed by atoms with Crippen LogP contribution >= 0.6 is 0 Å². The Morgan fingerprint density at radius 1 is 1.14 bits per heavy atom. The minimum atomic E-state index is -1.18. The van der Waals surface area contributed by atoms with Crippen LogP contribution in [0.1, 0.15) is 5.69 Å². The molecule has 0 saturated carbocycles. The maximum atomic E-state index is 10.4. The Balaban J connectivity index is 0.000000425. The quantitative estimate of drug-likeness (QED) is 0.632. The molecule has 0 aliphatic rings. The van der Waals surface area contributed by atoms with Crippen LogP contribution in [-0.2, 0) is 16.0 Å². The molecule has 0 saturated heterocycles. The van der Waals surface area contributed by atoms with E-state index in [2.05, 4.69) is 30.0 Å². The van der Waals surface area contributed by atoms with Crippen molar-refractivity contribution in [2.75, 3.05) is 0 Å². The monoisotopic (exact) mass is 304 g/mol. The van der Waals surface area contributed by atoms with Crippen molar-refractivity contribution in [2.24, 2.45) is 0 Å². The van der Waals surface area contributed by atoms with Gasteiger partial charge in [0.2, 0.25) is 0 Å². The summed E-state index contributed by atoms with van der Waals surface area (Å²) in [6, 6.07) is 3.71. The van der Waals surface area contributed by atoms with E-state index in [9.17, 15) is 9.59 Å². The molecule has 1 aromatic rings.